The van der Waals surface area contributed by atoms with Crippen molar-refractivity contribution < 1.29 is 0 Å². The molecule has 4 heteroatoms. The van der Waals surface area contributed by atoms with Crippen molar-refractivity contribution in [2.75, 3.05) is 18.1 Å². The molecule has 3 unspecified atom stereocenters. The Hall–Kier alpha value is 0.170. The maximum Gasteiger partial charge on any atom is 0.0441 e. The van der Waals surface area contributed by atoms with Crippen molar-refractivity contribution in [3.63, 3.8) is 0 Å². The van der Waals surface area contributed by atoms with Crippen LogP contribution >= 0.6 is 35.1 Å². The van der Waals surface area contributed by atoms with E-state index in [2.05, 4.69) is 67.8 Å². The van der Waals surface area contributed by atoms with Crippen LogP contribution in [0.25, 0.3) is 0 Å². The van der Waals surface area contributed by atoms with Gasteiger partial charge in [-0.2, -0.15) is 23.5 Å². The summed E-state index contributed by atoms with van der Waals surface area (Å²) in [6, 6.07) is 6.96. The van der Waals surface area contributed by atoms with Gasteiger partial charge in [-0.15, -0.1) is 0 Å². The van der Waals surface area contributed by atoms with Crippen LogP contribution in [-0.2, 0) is 6.42 Å². The molecule has 0 saturated carbocycles. The van der Waals surface area contributed by atoms with E-state index >= 15 is 0 Å². The first kappa shape index (κ1) is 17.5. The predicted octanol–water partition coefficient (Wildman–Crippen LogP) is 4.80. The Kier molecular flexibility index (Phi) is 7.27. The Morgan fingerprint density at radius 1 is 1.33 bits per heavy atom. The van der Waals surface area contributed by atoms with Crippen molar-refractivity contribution in [2.45, 2.75) is 50.2 Å². The minimum Gasteiger partial charge on any atom is -0.313 e. The summed E-state index contributed by atoms with van der Waals surface area (Å²) < 4.78 is 0. The summed E-state index contributed by atoms with van der Waals surface area (Å²) in [5.74, 6) is 2.56. The molecule has 0 radical (unpaired) electrons. The number of thioether (sulfide) groups is 2. The maximum atomic E-state index is 6.44. The van der Waals surface area contributed by atoms with Crippen LogP contribution in [0.15, 0.2) is 18.2 Å². The topological polar surface area (TPSA) is 12.0 Å². The number of halogens is 1. The molecule has 1 nitrogen and oxygen atoms in total. The zero-order valence-corrected chi connectivity index (χ0v) is 15.6. The van der Waals surface area contributed by atoms with Crippen molar-refractivity contribution in [3.05, 3.63) is 34.3 Å². The van der Waals surface area contributed by atoms with Crippen LogP contribution in [-0.4, -0.2) is 34.6 Å². The van der Waals surface area contributed by atoms with Crippen LogP contribution in [0.5, 0.6) is 0 Å². The first-order valence-corrected chi connectivity index (χ1v) is 10.3. The Bertz CT molecular complexity index is 452. The van der Waals surface area contributed by atoms with E-state index in [-0.39, 0.29) is 0 Å². The first-order valence-electron chi connectivity index (χ1n) is 7.83. The molecule has 1 aliphatic rings. The lowest BCUT2D eigenvalue weighted by Crippen LogP contribution is -2.46. The summed E-state index contributed by atoms with van der Waals surface area (Å²) in [6.45, 7) is 7.79. The third-order valence-corrected chi connectivity index (χ3v) is 7.54. The normalized spacial score (nSPS) is 24.0. The van der Waals surface area contributed by atoms with Crippen LogP contribution in [0.1, 0.15) is 31.4 Å². The highest BCUT2D eigenvalue weighted by atomic mass is 35.5. The van der Waals surface area contributed by atoms with Crippen molar-refractivity contribution in [2.24, 2.45) is 0 Å². The fourth-order valence-electron chi connectivity index (χ4n) is 2.78. The molecule has 21 heavy (non-hydrogen) atoms. The Labute approximate surface area is 143 Å². The van der Waals surface area contributed by atoms with Gasteiger partial charge < -0.3 is 5.32 Å². The van der Waals surface area contributed by atoms with E-state index in [0.717, 1.165) is 18.0 Å². The van der Waals surface area contributed by atoms with E-state index in [1.807, 2.05) is 0 Å². The molecule has 0 aliphatic carbocycles. The van der Waals surface area contributed by atoms with E-state index in [1.165, 1.54) is 29.1 Å². The molecule has 2 rings (SSSR count). The predicted molar refractivity (Wildman–Crippen MR) is 100 cm³/mol. The van der Waals surface area contributed by atoms with Gasteiger partial charge in [-0.1, -0.05) is 37.6 Å². The molecule has 1 aliphatic heterocycles. The van der Waals surface area contributed by atoms with E-state index in [9.17, 15) is 0 Å². The second kappa shape index (κ2) is 8.71. The summed E-state index contributed by atoms with van der Waals surface area (Å²) in [6.07, 6.45) is 2.21. The van der Waals surface area contributed by atoms with Crippen molar-refractivity contribution in [1.82, 2.24) is 5.32 Å². The number of hydrogen-bond donors (Lipinski definition) is 1. The fourth-order valence-corrected chi connectivity index (χ4v) is 6.05. The number of benzene rings is 1. The lowest BCUT2D eigenvalue weighted by molar-refractivity contribution is 0.486. The fraction of sp³-hybridized carbons (Fsp3) is 0.647. The van der Waals surface area contributed by atoms with E-state index < -0.39 is 0 Å². The maximum absolute atomic E-state index is 6.44. The zero-order chi connectivity index (χ0) is 15.2. The van der Waals surface area contributed by atoms with Gasteiger partial charge in [0.15, 0.2) is 0 Å². The summed E-state index contributed by atoms with van der Waals surface area (Å²) in [4.78, 5) is 0. The zero-order valence-electron chi connectivity index (χ0n) is 13.2. The standard InChI is InChI=1S/C17H26ClNS2/c1-4-7-19-16(17-13(3)20-8-9-21-17)11-14-6-5-12(2)10-15(14)18/h5-6,10,13,16-17,19H,4,7-9,11H2,1-3H3. The molecule has 0 aromatic heterocycles. The van der Waals surface area contributed by atoms with Gasteiger partial charge in [0.05, 0.1) is 0 Å². The Morgan fingerprint density at radius 3 is 2.76 bits per heavy atom. The van der Waals surface area contributed by atoms with Gasteiger partial charge >= 0.3 is 0 Å². The molecule has 0 spiro atoms. The van der Waals surface area contributed by atoms with Gasteiger partial charge in [0.1, 0.15) is 0 Å². The molecule has 1 aromatic carbocycles. The molecule has 1 fully saturated rings. The molecule has 1 aromatic rings. The highest BCUT2D eigenvalue weighted by molar-refractivity contribution is 8.07. The van der Waals surface area contributed by atoms with Gasteiger partial charge in [-0.05, 0) is 43.5 Å². The van der Waals surface area contributed by atoms with Crippen molar-refractivity contribution in [1.29, 1.82) is 0 Å². The first-order chi connectivity index (χ1) is 10.1. The average Bonchev–Trinajstić information content (AvgIpc) is 2.46. The van der Waals surface area contributed by atoms with Crippen LogP contribution in [0.2, 0.25) is 5.02 Å². The molecule has 0 amide bonds. The van der Waals surface area contributed by atoms with Crippen molar-refractivity contribution in [3.8, 4) is 0 Å². The van der Waals surface area contributed by atoms with Crippen LogP contribution in [0.3, 0.4) is 0 Å². The molecule has 1 N–H and O–H groups in total. The Balaban J connectivity index is 2.11. The average molecular weight is 344 g/mol. The van der Waals surface area contributed by atoms with Gasteiger partial charge in [-0.25, -0.2) is 0 Å². The highest BCUT2D eigenvalue weighted by Crippen LogP contribution is 2.34. The second-order valence-corrected chi connectivity index (χ2v) is 8.95. The van der Waals surface area contributed by atoms with E-state index in [1.54, 1.807) is 0 Å². The Morgan fingerprint density at radius 2 is 2.10 bits per heavy atom. The highest BCUT2D eigenvalue weighted by Gasteiger charge is 2.30. The van der Waals surface area contributed by atoms with Gasteiger partial charge in [0, 0.05) is 33.1 Å². The molecule has 118 valence electrons. The molecule has 3 atom stereocenters. The molecule has 1 saturated heterocycles. The van der Waals surface area contributed by atoms with Crippen LogP contribution in [0, 0.1) is 6.92 Å². The minimum atomic E-state index is 0.512. The third kappa shape index (κ3) is 5.09. The quantitative estimate of drug-likeness (QED) is 0.797. The van der Waals surface area contributed by atoms with Crippen LogP contribution < -0.4 is 5.32 Å². The number of aryl methyl sites for hydroxylation is 1. The molecule has 0 bridgehead atoms. The largest absolute Gasteiger partial charge is 0.313 e. The summed E-state index contributed by atoms with van der Waals surface area (Å²) in [5.41, 5.74) is 2.51. The van der Waals surface area contributed by atoms with Gasteiger partial charge in [0.25, 0.3) is 0 Å². The van der Waals surface area contributed by atoms with Crippen molar-refractivity contribution >= 4 is 35.1 Å². The third-order valence-electron chi connectivity index (χ3n) is 3.94. The molecular weight excluding hydrogens is 318 g/mol. The lowest BCUT2D eigenvalue weighted by atomic mass is 10.00. The number of nitrogens with one attached hydrogen (secondary N) is 1. The minimum absolute atomic E-state index is 0.512. The number of hydrogen-bond acceptors (Lipinski definition) is 3. The van der Waals surface area contributed by atoms with E-state index in [4.69, 9.17) is 11.6 Å². The van der Waals surface area contributed by atoms with Gasteiger partial charge in [0.2, 0.25) is 0 Å². The van der Waals surface area contributed by atoms with Crippen LogP contribution in [0.4, 0.5) is 0 Å². The molecule has 1 heterocycles. The summed E-state index contributed by atoms with van der Waals surface area (Å²) >= 11 is 10.7. The second-order valence-electron chi connectivity index (χ2n) is 5.77. The SMILES string of the molecule is CCCNC(Cc1ccc(C)cc1Cl)C1SCCSC1C. The van der Waals surface area contributed by atoms with E-state index in [0.29, 0.717) is 16.5 Å². The van der Waals surface area contributed by atoms with Gasteiger partial charge in [-0.3, -0.25) is 0 Å². The monoisotopic (exact) mass is 343 g/mol. The molecular formula is C17H26ClNS2. The summed E-state index contributed by atoms with van der Waals surface area (Å²) in [5, 5.41) is 6.07. The lowest BCUT2D eigenvalue weighted by Gasteiger charge is -2.35. The smallest absolute Gasteiger partial charge is 0.0441 e. The summed E-state index contributed by atoms with van der Waals surface area (Å²) in [7, 11) is 0. The number of rotatable bonds is 6.